The van der Waals surface area contributed by atoms with Gasteiger partial charge in [0.25, 0.3) is 0 Å². The highest BCUT2D eigenvalue weighted by Gasteiger charge is 2.10. The number of hydrogen-bond donors (Lipinski definition) is 3. The van der Waals surface area contributed by atoms with E-state index in [1.54, 1.807) is 30.5 Å². The Morgan fingerprint density at radius 3 is 2.31 bits per heavy atom. The molecule has 0 aliphatic carbocycles. The number of nitrogens with one attached hydrogen (secondary N) is 2. The summed E-state index contributed by atoms with van der Waals surface area (Å²) in [7, 11) is -3.71. The van der Waals surface area contributed by atoms with Gasteiger partial charge in [-0.25, -0.2) is 13.6 Å². The average Bonchev–Trinajstić information content (AvgIpc) is 2.60. The van der Waals surface area contributed by atoms with Gasteiger partial charge in [-0.2, -0.15) is 0 Å². The summed E-state index contributed by atoms with van der Waals surface area (Å²) in [5.74, 6) is -0.768. The second-order valence-corrected chi connectivity index (χ2v) is 7.12. The number of amides is 2. The molecule has 1 aromatic carbocycles. The first-order valence-corrected chi connectivity index (χ1v) is 9.44. The smallest absolute Gasteiger partial charge is 0.238 e. The standard InChI is InChI=1S/C17H20N4O4S/c18-26(24,25)15-6-4-13(5-7-15)8-10-20-16(22)11-17(23)21-12-14-3-1-2-9-19-14/h1-7,9H,8,10-12H2,(H,20,22)(H,21,23)(H2,18,24,25). The zero-order chi connectivity index (χ0) is 19.0. The van der Waals surface area contributed by atoms with Gasteiger partial charge < -0.3 is 10.6 Å². The molecule has 0 aliphatic heterocycles. The number of sulfonamides is 1. The Balaban J connectivity index is 1.69. The number of aromatic nitrogens is 1. The summed E-state index contributed by atoms with van der Waals surface area (Å²) < 4.78 is 22.3. The largest absolute Gasteiger partial charge is 0.355 e. The van der Waals surface area contributed by atoms with Crippen LogP contribution in [0.3, 0.4) is 0 Å². The van der Waals surface area contributed by atoms with E-state index in [0.717, 1.165) is 5.56 Å². The Kier molecular flexibility index (Phi) is 6.81. The van der Waals surface area contributed by atoms with Crippen LogP contribution in [0.15, 0.2) is 53.6 Å². The van der Waals surface area contributed by atoms with Gasteiger partial charge in [-0.1, -0.05) is 18.2 Å². The summed E-state index contributed by atoms with van der Waals surface area (Å²) in [6.45, 7) is 0.602. The van der Waals surface area contributed by atoms with Crippen LogP contribution in [0.2, 0.25) is 0 Å². The fraction of sp³-hybridized carbons (Fsp3) is 0.235. The number of carbonyl (C=O) groups is 2. The molecule has 0 saturated carbocycles. The third-order valence-electron chi connectivity index (χ3n) is 3.50. The number of pyridine rings is 1. The van der Waals surface area contributed by atoms with Crippen LogP contribution in [0, 0.1) is 0 Å². The number of nitrogens with zero attached hydrogens (tertiary/aromatic N) is 1. The van der Waals surface area contributed by atoms with E-state index in [2.05, 4.69) is 15.6 Å². The fourth-order valence-corrected chi connectivity index (χ4v) is 2.67. The molecule has 0 saturated heterocycles. The van der Waals surface area contributed by atoms with Crippen molar-refractivity contribution >= 4 is 21.8 Å². The maximum absolute atomic E-state index is 11.8. The van der Waals surface area contributed by atoms with Gasteiger partial charge in [0.05, 0.1) is 17.1 Å². The van der Waals surface area contributed by atoms with E-state index in [1.165, 1.54) is 12.1 Å². The lowest BCUT2D eigenvalue weighted by molar-refractivity contribution is -0.129. The molecule has 0 bridgehead atoms. The van der Waals surface area contributed by atoms with Crippen LogP contribution in [-0.4, -0.2) is 31.8 Å². The Bertz CT molecular complexity index is 852. The van der Waals surface area contributed by atoms with Crippen molar-refractivity contribution in [2.75, 3.05) is 6.54 Å². The number of nitrogens with two attached hydrogens (primary N) is 1. The Morgan fingerprint density at radius 2 is 1.69 bits per heavy atom. The van der Waals surface area contributed by atoms with Gasteiger partial charge in [0.1, 0.15) is 6.42 Å². The number of hydrogen-bond acceptors (Lipinski definition) is 5. The molecular formula is C17H20N4O4S. The lowest BCUT2D eigenvalue weighted by Gasteiger charge is -2.07. The zero-order valence-electron chi connectivity index (χ0n) is 14.0. The highest BCUT2D eigenvalue weighted by atomic mass is 32.2. The molecule has 1 aromatic heterocycles. The molecule has 1 heterocycles. The normalized spacial score (nSPS) is 11.0. The van der Waals surface area contributed by atoms with E-state index in [4.69, 9.17) is 5.14 Å². The molecule has 0 aliphatic rings. The van der Waals surface area contributed by atoms with E-state index in [0.29, 0.717) is 18.7 Å². The van der Waals surface area contributed by atoms with E-state index < -0.39 is 10.0 Å². The second-order valence-electron chi connectivity index (χ2n) is 5.56. The summed E-state index contributed by atoms with van der Waals surface area (Å²) in [6.07, 6.45) is 1.87. The number of benzene rings is 1. The lowest BCUT2D eigenvalue weighted by atomic mass is 10.1. The van der Waals surface area contributed by atoms with Crippen LogP contribution >= 0.6 is 0 Å². The van der Waals surface area contributed by atoms with Gasteiger partial charge >= 0.3 is 0 Å². The molecular weight excluding hydrogens is 356 g/mol. The molecule has 0 radical (unpaired) electrons. The average molecular weight is 376 g/mol. The molecule has 0 spiro atoms. The van der Waals surface area contributed by atoms with E-state index in [1.807, 2.05) is 6.07 Å². The summed E-state index contributed by atoms with van der Waals surface area (Å²) >= 11 is 0. The van der Waals surface area contributed by atoms with Crippen LogP contribution in [-0.2, 0) is 32.6 Å². The van der Waals surface area contributed by atoms with E-state index >= 15 is 0 Å². The quantitative estimate of drug-likeness (QED) is 0.562. The molecule has 26 heavy (non-hydrogen) atoms. The fourth-order valence-electron chi connectivity index (χ4n) is 2.15. The highest BCUT2D eigenvalue weighted by molar-refractivity contribution is 7.89. The summed E-state index contributed by atoms with van der Waals surface area (Å²) in [5, 5.41) is 10.3. The molecule has 0 atom stereocenters. The zero-order valence-corrected chi connectivity index (χ0v) is 14.8. The predicted molar refractivity (Wildman–Crippen MR) is 95.2 cm³/mol. The van der Waals surface area contributed by atoms with E-state index in [-0.39, 0.29) is 29.7 Å². The molecule has 2 rings (SSSR count). The predicted octanol–water partition coefficient (Wildman–Crippen LogP) is 0.0942. The van der Waals surface area contributed by atoms with Crippen LogP contribution < -0.4 is 15.8 Å². The number of primary sulfonamides is 1. The van der Waals surface area contributed by atoms with Gasteiger partial charge in [0.15, 0.2) is 0 Å². The first kappa shape index (κ1) is 19.5. The summed E-state index contributed by atoms with van der Waals surface area (Å²) in [6, 6.07) is 11.5. The molecule has 0 unspecified atom stereocenters. The Hall–Kier alpha value is -2.78. The summed E-state index contributed by atoms with van der Waals surface area (Å²) in [5.41, 5.74) is 1.56. The van der Waals surface area contributed by atoms with Crippen molar-refractivity contribution in [3.8, 4) is 0 Å². The lowest BCUT2D eigenvalue weighted by Crippen LogP contribution is -2.32. The van der Waals surface area contributed by atoms with Crippen LogP contribution in [0.25, 0.3) is 0 Å². The van der Waals surface area contributed by atoms with E-state index in [9.17, 15) is 18.0 Å². The van der Waals surface area contributed by atoms with Gasteiger partial charge in [0.2, 0.25) is 21.8 Å². The maximum atomic E-state index is 11.8. The molecule has 138 valence electrons. The van der Waals surface area contributed by atoms with Gasteiger partial charge in [-0.05, 0) is 36.2 Å². The van der Waals surface area contributed by atoms with Crippen LogP contribution in [0.1, 0.15) is 17.7 Å². The SMILES string of the molecule is NS(=O)(=O)c1ccc(CCNC(=O)CC(=O)NCc2ccccn2)cc1. The van der Waals surface area contributed by atoms with Gasteiger partial charge in [-0.15, -0.1) is 0 Å². The molecule has 8 nitrogen and oxygen atoms in total. The van der Waals surface area contributed by atoms with Crippen molar-refractivity contribution in [3.05, 3.63) is 59.9 Å². The number of carbonyl (C=O) groups excluding carboxylic acids is 2. The van der Waals surface area contributed by atoms with Crippen molar-refractivity contribution in [1.82, 2.24) is 15.6 Å². The monoisotopic (exact) mass is 376 g/mol. The first-order chi connectivity index (χ1) is 12.3. The third kappa shape index (κ3) is 6.61. The minimum atomic E-state index is -3.71. The molecule has 0 fully saturated rings. The topological polar surface area (TPSA) is 131 Å². The van der Waals surface area contributed by atoms with Crippen LogP contribution in [0.5, 0.6) is 0 Å². The Morgan fingerprint density at radius 1 is 1.00 bits per heavy atom. The Labute approximate surface area is 151 Å². The molecule has 2 amide bonds. The van der Waals surface area contributed by atoms with Crippen molar-refractivity contribution in [3.63, 3.8) is 0 Å². The van der Waals surface area contributed by atoms with Crippen molar-refractivity contribution in [1.29, 1.82) is 0 Å². The van der Waals surface area contributed by atoms with Crippen molar-refractivity contribution in [2.24, 2.45) is 5.14 Å². The highest BCUT2D eigenvalue weighted by Crippen LogP contribution is 2.08. The first-order valence-electron chi connectivity index (χ1n) is 7.89. The van der Waals surface area contributed by atoms with Gasteiger partial charge in [-0.3, -0.25) is 14.6 Å². The van der Waals surface area contributed by atoms with Crippen molar-refractivity contribution < 1.29 is 18.0 Å². The van der Waals surface area contributed by atoms with Crippen LogP contribution in [0.4, 0.5) is 0 Å². The maximum Gasteiger partial charge on any atom is 0.238 e. The molecule has 2 aromatic rings. The number of rotatable bonds is 8. The molecule has 4 N–H and O–H groups in total. The van der Waals surface area contributed by atoms with Crippen molar-refractivity contribution in [2.45, 2.75) is 24.3 Å². The second kappa shape index (κ2) is 9.07. The third-order valence-corrected chi connectivity index (χ3v) is 4.43. The van der Waals surface area contributed by atoms with Gasteiger partial charge in [0, 0.05) is 12.7 Å². The summed E-state index contributed by atoms with van der Waals surface area (Å²) in [4.78, 5) is 27.6. The minimum absolute atomic E-state index is 0.0369. The molecule has 9 heteroatoms. The minimum Gasteiger partial charge on any atom is -0.355 e.